The number of amides is 1. The van der Waals surface area contributed by atoms with E-state index in [2.05, 4.69) is 5.32 Å². The van der Waals surface area contributed by atoms with Crippen molar-refractivity contribution >= 4 is 27.6 Å². The van der Waals surface area contributed by atoms with E-state index in [1.165, 1.54) is 41.6 Å². The normalized spacial score (nSPS) is 14.5. The monoisotopic (exact) mass is 441 g/mol. The summed E-state index contributed by atoms with van der Waals surface area (Å²) in [4.78, 5) is 26.2. The number of methoxy groups -OCH3 is 2. The number of esters is 1. The van der Waals surface area contributed by atoms with Gasteiger partial charge < -0.3 is 24.8 Å². The summed E-state index contributed by atoms with van der Waals surface area (Å²) < 4.78 is 37.1. The number of hydrogen-bond acceptors (Lipinski definition) is 8. The van der Waals surface area contributed by atoms with Gasteiger partial charge in [0.25, 0.3) is 5.91 Å². The van der Waals surface area contributed by atoms with Crippen molar-refractivity contribution < 1.29 is 32.6 Å². The molecule has 0 bridgehead atoms. The van der Waals surface area contributed by atoms with Gasteiger partial charge in [-0.25, -0.2) is 13.2 Å². The largest absolute Gasteiger partial charge is 0.495 e. The number of rotatable bonds is 10. The summed E-state index contributed by atoms with van der Waals surface area (Å²) in [7, 11) is -1.14. The summed E-state index contributed by atoms with van der Waals surface area (Å²) >= 11 is 0. The number of ether oxygens (including phenoxy) is 2. The van der Waals surface area contributed by atoms with E-state index < -0.39 is 21.9 Å². The SMILES string of the molecule is CCN(CC)S(=O)(=O)c1ccc(OC)c(NC2=C(C(=O)OC)CN(CCO)C2=O)c1. The van der Waals surface area contributed by atoms with E-state index in [1.807, 2.05) is 0 Å². The molecule has 0 fully saturated rings. The van der Waals surface area contributed by atoms with Gasteiger partial charge in [-0.3, -0.25) is 4.79 Å². The molecule has 0 atom stereocenters. The maximum absolute atomic E-state index is 12.9. The summed E-state index contributed by atoms with van der Waals surface area (Å²) in [6.45, 7) is 3.83. The number of carbonyl (C=O) groups excluding carboxylic acids is 2. The van der Waals surface area contributed by atoms with Crippen molar-refractivity contribution in [2.45, 2.75) is 18.7 Å². The average Bonchev–Trinajstić information content (AvgIpc) is 3.04. The minimum Gasteiger partial charge on any atom is -0.495 e. The molecule has 1 aliphatic heterocycles. The number of aliphatic hydroxyl groups excluding tert-OH is 1. The predicted molar refractivity (Wildman–Crippen MR) is 109 cm³/mol. The Bertz CT molecular complexity index is 939. The smallest absolute Gasteiger partial charge is 0.337 e. The Labute approximate surface area is 176 Å². The lowest BCUT2D eigenvalue weighted by Crippen LogP contribution is -2.31. The lowest BCUT2D eigenvalue weighted by molar-refractivity contribution is -0.136. The molecule has 1 amide bonds. The number of carbonyl (C=O) groups is 2. The molecule has 2 N–H and O–H groups in total. The molecule has 0 spiro atoms. The van der Waals surface area contributed by atoms with Crippen molar-refractivity contribution in [2.24, 2.45) is 0 Å². The van der Waals surface area contributed by atoms with Crippen LogP contribution < -0.4 is 10.1 Å². The van der Waals surface area contributed by atoms with Gasteiger partial charge in [-0.05, 0) is 18.2 Å². The standard InChI is InChI=1S/C19H27N3O7S/c1-5-22(6-2)30(26,27)13-7-8-16(28-3)15(11-13)20-17-14(19(25)29-4)12-21(9-10-23)18(17)24/h7-8,11,20,23H,5-6,9-10,12H2,1-4H3. The second-order valence-corrected chi connectivity index (χ2v) is 8.31. The van der Waals surface area contributed by atoms with Crippen LogP contribution in [0.15, 0.2) is 34.4 Å². The van der Waals surface area contributed by atoms with Gasteiger partial charge in [-0.15, -0.1) is 0 Å². The fourth-order valence-electron chi connectivity index (χ4n) is 3.14. The zero-order chi connectivity index (χ0) is 22.5. The Morgan fingerprint density at radius 3 is 2.47 bits per heavy atom. The van der Waals surface area contributed by atoms with Crippen LogP contribution >= 0.6 is 0 Å². The number of sulfonamides is 1. The average molecular weight is 442 g/mol. The first-order valence-corrected chi connectivity index (χ1v) is 10.9. The maximum atomic E-state index is 12.9. The zero-order valence-corrected chi connectivity index (χ0v) is 18.3. The lowest BCUT2D eigenvalue weighted by Gasteiger charge is -2.20. The van der Waals surface area contributed by atoms with Crippen molar-refractivity contribution in [1.82, 2.24) is 9.21 Å². The summed E-state index contributed by atoms with van der Waals surface area (Å²) in [5, 5.41) is 12.0. The molecule has 2 rings (SSSR count). The Balaban J connectivity index is 2.52. The molecule has 0 radical (unpaired) electrons. The number of aliphatic hydroxyl groups is 1. The van der Waals surface area contributed by atoms with Gasteiger partial charge in [0.2, 0.25) is 10.0 Å². The molecule has 11 heteroatoms. The summed E-state index contributed by atoms with van der Waals surface area (Å²) in [6, 6.07) is 4.25. The molecule has 166 valence electrons. The number of nitrogens with zero attached hydrogens (tertiary/aromatic N) is 2. The van der Waals surface area contributed by atoms with Gasteiger partial charge in [-0.1, -0.05) is 13.8 Å². The number of β-amino-alcohol motifs (C(OH)–C–C–N with tert-alkyl or cyclic N) is 1. The molecule has 0 unspecified atom stereocenters. The van der Waals surface area contributed by atoms with Crippen molar-refractivity contribution in [3.8, 4) is 5.75 Å². The Hall–Kier alpha value is -2.63. The van der Waals surface area contributed by atoms with E-state index in [0.29, 0.717) is 18.8 Å². The molecule has 0 saturated heterocycles. The van der Waals surface area contributed by atoms with Gasteiger partial charge in [0, 0.05) is 19.6 Å². The van der Waals surface area contributed by atoms with E-state index >= 15 is 0 Å². The van der Waals surface area contributed by atoms with Gasteiger partial charge in [0.1, 0.15) is 11.4 Å². The van der Waals surface area contributed by atoms with Crippen LogP contribution in [0.1, 0.15) is 13.8 Å². The third kappa shape index (κ3) is 4.58. The third-order valence-electron chi connectivity index (χ3n) is 4.73. The third-order valence-corrected chi connectivity index (χ3v) is 6.77. The highest BCUT2D eigenvalue weighted by Crippen LogP contribution is 2.32. The first-order valence-electron chi connectivity index (χ1n) is 9.41. The summed E-state index contributed by atoms with van der Waals surface area (Å²) in [5.41, 5.74) is 0.238. The maximum Gasteiger partial charge on any atom is 0.337 e. The van der Waals surface area contributed by atoms with E-state index in [0.717, 1.165) is 0 Å². The Kier molecular flexibility index (Phi) is 7.82. The van der Waals surface area contributed by atoms with Crippen molar-refractivity contribution in [3.63, 3.8) is 0 Å². The van der Waals surface area contributed by atoms with Crippen LogP contribution in [-0.2, 0) is 24.3 Å². The summed E-state index contributed by atoms with van der Waals surface area (Å²) in [6.07, 6.45) is 0. The molecular weight excluding hydrogens is 414 g/mol. The van der Waals surface area contributed by atoms with Crippen LogP contribution in [0.5, 0.6) is 5.75 Å². The molecule has 10 nitrogen and oxygen atoms in total. The molecule has 1 aromatic carbocycles. The van der Waals surface area contributed by atoms with Gasteiger partial charge >= 0.3 is 5.97 Å². The van der Waals surface area contributed by atoms with Gasteiger partial charge in [0.15, 0.2) is 0 Å². The molecule has 30 heavy (non-hydrogen) atoms. The molecule has 0 saturated carbocycles. The van der Waals surface area contributed by atoms with Crippen molar-refractivity contribution in [3.05, 3.63) is 29.5 Å². The van der Waals surface area contributed by atoms with Crippen molar-refractivity contribution in [1.29, 1.82) is 0 Å². The summed E-state index contributed by atoms with van der Waals surface area (Å²) in [5.74, 6) is -0.917. The first-order chi connectivity index (χ1) is 14.2. The molecular formula is C19H27N3O7S. The number of benzene rings is 1. The predicted octanol–water partition coefficient (Wildman–Crippen LogP) is 0.399. The van der Waals surface area contributed by atoms with Crippen LogP contribution in [0.3, 0.4) is 0 Å². The number of nitrogens with one attached hydrogen (secondary N) is 1. The van der Waals surface area contributed by atoms with Gasteiger partial charge in [-0.2, -0.15) is 4.31 Å². The fourth-order valence-corrected chi connectivity index (χ4v) is 4.63. The second-order valence-electron chi connectivity index (χ2n) is 6.37. The minimum absolute atomic E-state index is 0.0207. The highest BCUT2D eigenvalue weighted by atomic mass is 32.2. The quantitative estimate of drug-likeness (QED) is 0.500. The highest BCUT2D eigenvalue weighted by Gasteiger charge is 2.35. The van der Waals surface area contributed by atoms with Crippen molar-refractivity contribution in [2.75, 3.05) is 52.3 Å². The second kappa shape index (κ2) is 9.92. The van der Waals surface area contributed by atoms with Gasteiger partial charge in [0.05, 0.1) is 43.5 Å². The Morgan fingerprint density at radius 1 is 1.27 bits per heavy atom. The molecule has 0 aliphatic carbocycles. The molecule has 1 heterocycles. The van der Waals surface area contributed by atoms with Crippen LogP contribution in [0.2, 0.25) is 0 Å². The van der Waals surface area contributed by atoms with E-state index in [-0.39, 0.29) is 41.5 Å². The number of hydrogen-bond donors (Lipinski definition) is 2. The van der Waals surface area contributed by atoms with E-state index in [4.69, 9.17) is 14.6 Å². The zero-order valence-electron chi connectivity index (χ0n) is 17.5. The topological polar surface area (TPSA) is 125 Å². The minimum atomic E-state index is -3.75. The van der Waals surface area contributed by atoms with E-state index in [1.54, 1.807) is 13.8 Å². The van der Waals surface area contributed by atoms with Crippen LogP contribution in [0.25, 0.3) is 0 Å². The highest BCUT2D eigenvalue weighted by molar-refractivity contribution is 7.89. The lowest BCUT2D eigenvalue weighted by atomic mass is 10.2. The Morgan fingerprint density at radius 2 is 1.93 bits per heavy atom. The molecule has 1 aliphatic rings. The van der Waals surface area contributed by atoms with Crippen LogP contribution in [0, 0.1) is 0 Å². The first kappa shape index (κ1) is 23.6. The fraction of sp³-hybridized carbons (Fsp3) is 0.474. The number of anilines is 1. The van der Waals surface area contributed by atoms with E-state index in [9.17, 15) is 18.0 Å². The molecule has 0 aromatic heterocycles. The van der Waals surface area contributed by atoms with Crippen LogP contribution in [0.4, 0.5) is 5.69 Å². The van der Waals surface area contributed by atoms with Crippen LogP contribution in [-0.4, -0.2) is 81.6 Å². The molecule has 1 aromatic rings.